The number of halogens is 2. The van der Waals surface area contributed by atoms with E-state index in [2.05, 4.69) is 29.3 Å². The van der Waals surface area contributed by atoms with Crippen molar-refractivity contribution in [2.75, 3.05) is 6.54 Å². The molecule has 2 aromatic rings. The first-order valence-electron chi connectivity index (χ1n) is 7.14. The lowest BCUT2D eigenvalue weighted by atomic mass is 10.1. The number of hydrogen-bond acceptors (Lipinski definition) is 4. The maximum atomic E-state index is 5.99. The van der Waals surface area contributed by atoms with Crippen molar-refractivity contribution in [2.45, 2.75) is 39.2 Å². The van der Waals surface area contributed by atoms with Crippen LogP contribution in [0.3, 0.4) is 0 Å². The van der Waals surface area contributed by atoms with Crippen LogP contribution in [0.5, 0.6) is 0 Å². The van der Waals surface area contributed by atoms with Crippen molar-refractivity contribution >= 4 is 23.2 Å². The van der Waals surface area contributed by atoms with Gasteiger partial charge in [0.15, 0.2) is 0 Å². The molecule has 0 radical (unpaired) electrons. The smallest absolute Gasteiger partial charge is 0.228 e. The molecule has 1 aromatic carbocycles. The summed E-state index contributed by atoms with van der Waals surface area (Å²) in [6.45, 7) is 5.18. The van der Waals surface area contributed by atoms with Gasteiger partial charge in [0.2, 0.25) is 11.7 Å². The predicted molar refractivity (Wildman–Crippen MR) is 85.8 cm³/mol. The zero-order valence-electron chi connectivity index (χ0n) is 12.2. The number of nitrogens with zero attached hydrogens (tertiary/aromatic N) is 2. The molecular weight excluding hydrogens is 309 g/mol. The molecule has 0 aliphatic heterocycles. The molecule has 1 heterocycles. The molecule has 2 rings (SSSR count). The SMILES string of the molecule is CCCC(Cc1nc(-c2cc(Cl)cc(Cl)c2)no1)NCC. The Morgan fingerprint density at radius 2 is 1.90 bits per heavy atom. The summed E-state index contributed by atoms with van der Waals surface area (Å²) in [5, 5.41) is 8.55. The van der Waals surface area contributed by atoms with E-state index in [4.69, 9.17) is 27.7 Å². The van der Waals surface area contributed by atoms with Crippen molar-refractivity contribution in [1.29, 1.82) is 0 Å². The molecule has 21 heavy (non-hydrogen) atoms. The highest BCUT2D eigenvalue weighted by molar-refractivity contribution is 6.35. The molecule has 1 atom stereocenters. The van der Waals surface area contributed by atoms with E-state index in [1.165, 1.54) is 0 Å². The molecule has 114 valence electrons. The van der Waals surface area contributed by atoms with Gasteiger partial charge in [0.05, 0.1) is 0 Å². The molecule has 1 N–H and O–H groups in total. The van der Waals surface area contributed by atoms with Gasteiger partial charge in [-0.1, -0.05) is 48.6 Å². The van der Waals surface area contributed by atoms with Gasteiger partial charge in [-0.15, -0.1) is 0 Å². The van der Waals surface area contributed by atoms with Crippen LogP contribution in [0.25, 0.3) is 11.4 Å². The van der Waals surface area contributed by atoms with Crippen molar-refractivity contribution in [2.24, 2.45) is 0 Å². The Morgan fingerprint density at radius 1 is 1.19 bits per heavy atom. The first-order chi connectivity index (χ1) is 10.1. The normalized spacial score (nSPS) is 12.6. The Hall–Kier alpha value is -1.10. The van der Waals surface area contributed by atoms with Crippen LogP contribution in [0.15, 0.2) is 22.7 Å². The second kappa shape index (κ2) is 7.78. The minimum absolute atomic E-state index is 0.358. The van der Waals surface area contributed by atoms with Gasteiger partial charge < -0.3 is 9.84 Å². The van der Waals surface area contributed by atoms with E-state index >= 15 is 0 Å². The van der Waals surface area contributed by atoms with Crippen LogP contribution in [-0.2, 0) is 6.42 Å². The fourth-order valence-corrected chi connectivity index (χ4v) is 2.79. The number of likely N-dealkylation sites (N-methyl/N-ethyl adjacent to an activating group) is 1. The van der Waals surface area contributed by atoms with E-state index < -0.39 is 0 Å². The topological polar surface area (TPSA) is 51.0 Å². The van der Waals surface area contributed by atoms with E-state index in [1.54, 1.807) is 18.2 Å². The van der Waals surface area contributed by atoms with Gasteiger partial charge in [-0.3, -0.25) is 0 Å². The van der Waals surface area contributed by atoms with Crippen LogP contribution in [-0.4, -0.2) is 22.7 Å². The molecular formula is C15H19Cl2N3O. The van der Waals surface area contributed by atoms with Crippen LogP contribution in [0.1, 0.15) is 32.6 Å². The molecule has 0 spiro atoms. The van der Waals surface area contributed by atoms with E-state index in [-0.39, 0.29) is 0 Å². The highest BCUT2D eigenvalue weighted by atomic mass is 35.5. The predicted octanol–water partition coefficient (Wildman–Crippen LogP) is 4.36. The van der Waals surface area contributed by atoms with Crippen molar-refractivity contribution in [3.8, 4) is 11.4 Å². The van der Waals surface area contributed by atoms with Crippen molar-refractivity contribution < 1.29 is 4.52 Å². The lowest BCUT2D eigenvalue weighted by molar-refractivity contribution is 0.352. The van der Waals surface area contributed by atoms with Gasteiger partial charge in [-0.25, -0.2) is 0 Å². The second-order valence-corrected chi connectivity index (χ2v) is 5.79. The third kappa shape index (κ3) is 4.70. The summed E-state index contributed by atoms with van der Waals surface area (Å²) in [6.07, 6.45) is 2.92. The maximum absolute atomic E-state index is 5.99. The molecule has 6 heteroatoms. The molecule has 1 aromatic heterocycles. The van der Waals surface area contributed by atoms with E-state index in [0.717, 1.165) is 31.4 Å². The first kappa shape index (κ1) is 16.3. The van der Waals surface area contributed by atoms with Crippen molar-refractivity contribution in [1.82, 2.24) is 15.5 Å². The average molecular weight is 328 g/mol. The minimum atomic E-state index is 0.358. The number of hydrogen-bond donors (Lipinski definition) is 1. The molecule has 0 aliphatic carbocycles. The van der Waals surface area contributed by atoms with Crippen molar-refractivity contribution in [3.63, 3.8) is 0 Å². The molecule has 4 nitrogen and oxygen atoms in total. The number of rotatable bonds is 7. The lowest BCUT2D eigenvalue weighted by Crippen LogP contribution is -2.30. The van der Waals surface area contributed by atoms with Gasteiger partial charge in [0.25, 0.3) is 0 Å². The largest absolute Gasteiger partial charge is 0.339 e. The van der Waals surface area contributed by atoms with Crippen molar-refractivity contribution in [3.05, 3.63) is 34.1 Å². The highest BCUT2D eigenvalue weighted by Crippen LogP contribution is 2.25. The third-order valence-electron chi connectivity index (χ3n) is 3.14. The molecule has 1 unspecified atom stereocenters. The van der Waals surface area contributed by atoms with Crippen LogP contribution < -0.4 is 5.32 Å². The van der Waals surface area contributed by atoms with Gasteiger partial charge in [0.1, 0.15) is 0 Å². The first-order valence-corrected chi connectivity index (χ1v) is 7.90. The Bertz CT molecular complexity index is 560. The molecule has 0 amide bonds. The second-order valence-electron chi connectivity index (χ2n) is 4.92. The summed E-state index contributed by atoms with van der Waals surface area (Å²) in [7, 11) is 0. The molecule has 0 saturated carbocycles. The zero-order chi connectivity index (χ0) is 15.2. The van der Waals surface area contributed by atoms with Crippen LogP contribution in [0.4, 0.5) is 0 Å². The molecule has 0 saturated heterocycles. The number of aromatic nitrogens is 2. The third-order valence-corrected chi connectivity index (χ3v) is 3.58. The quantitative estimate of drug-likeness (QED) is 0.820. The van der Waals surface area contributed by atoms with Gasteiger partial charge in [-0.2, -0.15) is 4.98 Å². The van der Waals surface area contributed by atoms with E-state index in [9.17, 15) is 0 Å². The molecule has 0 fully saturated rings. The minimum Gasteiger partial charge on any atom is -0.339 e. The molecule has 0 bridgehead atoms. The Kier molecular flexibility index (Phi) is 6.03. The highest BCUT2D eigenvalue weighted by Gasteiger charge is 2.14. The summed E-state index contributed by atoms with van der Waals surface area (Å²) >= 11 is 12.0. The van der Waals surface area contributed by atoms with Gasteiger partial charge in [0, 0.05) is 28.1 Å². The molecule has 0 aliphatic rings. The van der Waals surface area contributed by atoms with E-state index in [1.807, 2.05) is 0 Å². The summed E-state index contributed by atoms with van der Waals surface area (Å²) < 4.78 is 5.33. The fourth-order valence-electron chi connectivity index (χ4n) is 2.26. The Balaban J connectivity index is 2.13. The van der Waals surface area contributed by atoms with E-state index in [0.29, 0.717) is 27.8 Å². The van der Waals surface area contributed by atoms with Crippen LogP contribution in [0.2, 0.25) is 10.0 Å². The average Bonchev–Trinajstić information content (AvgIpc) is 2.87. The lowest BCUT2D eigenvalue weighted by Gasteiger charge is -2.14. The Labute approximate surface area is 134 Å². The number of benzene rings is 1. The summed E-state index contributed by atoms with van der Waals surface area (Å²) in [6, 6.07) is 5.58. The summed E-state index contributed by atoms with van der Waals surface area (Å²) in [5.41, 5.74) is 0.762. The van der Waals surface area contributed by atoms with Crippen LogP contribution in [0, 0.1) is 0 Å². The summed E-state index contributed by atoms with van der Waals surface area (Å²) in [5.74, 6) is 1.14. The standard InChI is InChI=1S/C15H19Cl2N3O/c1-3-5-13(18-4-2)9-14-19-15(20-21-14)10-6-11(16)8-12(17)7-10/h6-8,13,18H,3-5,9H2,1-2H3. The maximum Gasteiger partial charge on any atom is 0.228 e. The number of nitrogens with one attached hydrogen (secondary N) is 1. The Morgan fingerprint density at radius 3 is 2.52 bits per heavy atom. The van der Waals surface area contributed by atoms with Gasteiger partial charge >= 0.3 is 0 Å². The zero-order valence-corrected chi connectivity index (χ0v) is 13.7. The monoisotopic (exact) mass is 327 g/mol. The summed E-state index contributed by atoms with van der Waals surface area (Å²) in [4.78, 5) is 4.43. The van der Waals surface area contributed by atoms with Crippen LogP contribution >= 0.6 is 23.2 Å². The van der Waals surface area contributed by atoms with Gasteiger partial charge in [-0.05, 0) is 31.2 Å². The fraction of sp³-hybridized carbons (Fsp3) is 0.467.